The van der Waals surface area contributed by atoms with Crippen LogP contribution in [0.25, 0.3) is 5.69 Å². The summed E-state index contributed by atoms with van der Waals surface area (Å²) < 4.78 is 1.74. The number of rotatable bonds is 5. The zero-order valence-corrected chi connectivity index (χ0v) is 17.9. The summed E-state index contributed by atoms with van der Waals surface area (Å²) in [5.74, 6) is -0.0389. The molecule has 1 aliphatic heterocycles. The quantitative estimate of drug-likeness (QED) is 0.647. The van der Waals surface area contributed by atoms with E-state index < -0.39 is 0 Å². The Morgan fingerprint density at radius 2 is 1.97 bits per heavy atom. The van der Waals surface area contributed by atoms with Gasteiger partial charge in [0.2, 0.25) is 0 Å². The van der Waals surface area contributed by atoms with Gasteiger partial charge in [-0.05, 0) is 38.0 Å². The Morgan fingerprint density at radius 1 is 1.17 bits per heavy atom. The van der Waals surface area contributed by atoms with Crippen LogP contribution in [0.4, 0.5) is 0 Å². The monoisotopic (exact) mass is 410 g/mol. The molecule has 1 aromatic carbocycles. The molecule has 0 aliphatic carbocycles. The second-order valence-corrected chi connectivity index (χ2v) is 8.37. The van der Waals surface area contributed by atoms with Gasteiger partial charge in [-0.3, -0.25) is 9.69 Å². The van der Waals surface area contributed by atoms with E-state index in [2.05, 4.69) is 32.5 Å². The Kier molecular flexibility index (Phi) is 5.73. The number of piperazine rings is 1. The number of aromatic nitrogens is 4. The van der Waals surface area contributed by atoms with Gasteiger partial charge < -0.3 is 4.90 Å². The minimum absolute atomic E-state index is 0.0389. The standard InChI is InChI=1S/C21H26N6OS/c1-4-19-22-17(14-29-19)13-25-8-10-26(11-9-25)21(28)20-16(3)27(24-23-20)18-7-5-6-15(2)12-18/h5-7,12,14H,4,8-11,13H2,1-3H3. The van der Waals surface area contributed by atoms with E-state index in [1.54, 1.807) is 16.0 Å². The molecule has 2 aromatic heterocycles. The summed E-state index contributed by atoms with van der Waals surface area (Å²) in [5.41, 5.74) is 4.41. The van der Waals surface area contributed by atoms with Crippen LogP contribution in [0.5, 0.6) is 0 Å². The summed E-state index contributed by atoms with van der Waals surface area (Å²) in [6.45, 7) is 9.99. The summed E-state index contributed by atoms with van der Waals surface area (Å²) >= 11 is 1.72. The number of nitrogens with zero attached hydrogens (tertiary/aromatic N) is 6. The van der Waals surface area contributed by atoms with Gasteiger partial charge in [-0.1, -0.05) is 24.3 Å². The number of carbonyl (C=O) groups is 1. The van der Waals surface area contributed by atoms with E-state index in [1.807, 2.05) is 43.0 Å². The summed E-state index contributed by atoms with van der Waals surface area (Å²) in [5, 5.41) is 11.7. The smallest absolute Gasteiger partial charge is 0.276 e. The molecule has 3 aromatic rings. The largest absolute Gasteiger partial charge is 0.335 e. The van der Waals surface area contributed by atoms with E-state index in [0.717, 1.165) is 48.7 Å². The molecule has 3 heterocycles. The van der Waals surface area contributed by atoms with Crippen molar-refractivity contribution in [2.45, 2.75) is 33.7 Å². The maximum atomic E-state index is 13.0. The summed E-state index contributed by atoms with van der Waals surface area (Å²) in [4.78, 5) is 21.9. The van der Waals surface area contributed by atoms with Gasteiger partial charge in [-0.25, -0.2) is 9.67 Å². The fourth-order valence-corrected chi connectivity index (χ4v) is 4.34. The number of hydrogen-bond donors (Lipinski definition) is 0. The third kappa shape index (κ3) is 4.23. The lowest BCUT2D eigenvalue weighted by molar-refractivity contribution is 0.0620. The van der Waals surface area contributed by atoms with Crippen LogP contribution >= 0.6 is 11.3 Å². The van der Waals surface area contributed by atoms with Gasteiger partial charge in [-0.2, -0.15) is 0 Å². The van der Waals surface area contributed by atoms with Crippen molar-refractivity contribution < 1.29 is 4.79 Å². The molecule has 1 fully saturated rings. The summed E-state index contributed by atoms with van der Waals surface area (Å²) in [6, 6.07) is 8.04. The molecule has 0 unspecified atom stereocenters. The molecular weight excluding hydrogens is 384 g/mol. The molecular formula is C21H26N6OS. The van der Waals surface area contributed by atoms with Crippen molar-refractivity contribution in [3.05, 3.63) is 57.3 Å². The molecule has 152 valence electrons. The van der Waals surface area contributed by atoms with Crippen molar-refractivity contribution in [3.8, 4) is 5.69 Å². The van der Waals surface area contributed by atoms with E-state index >= 15 is 0 Å². The van der Waals surface area contributed by atoms with Crippen molar-refractivity contribution in [1.29, 1.82) is 0 Å². The fourth-order valence-electron chi connectivity index (χ4n) is 3.60. The molecule has 0 spiro atoms. The van der Waals surface area contributed by atoms with E-state index in [1.165, 1.54) is 5.01 Å². The van der Waals surface area contributed by atoms with E-state index in [-0.39, 0.29) is 5.91 Å². The normalized spacial score (nSPS) is 15.1. The molecule has 29 heavy (non-hydrogen) atoms. The average molecular weight is 411 g/mol. The highest BCUT2D eigenvalue weighted by Crippen LogP contribution is 2.17. The first-order valence-corrected chi connectivity index (χ1v) is 10.9. The molecule has 0 bridgehead atoms. The van der Waals surface area contributed by atoms with Crippen molar-refractivity contribution in [2.24, 2.45) is 0 Å². The van der Waals surface area contributed by atoms with E-state index in [9.17, 15) is 4.79 Å². The number of amides is 1. The van der Waals surface area contributed by atoms with Gasteiger partial charge in [0.25, 0.3) is 5.91 Å². The molecule has 0 atom stereocenters. The Hall–Kier alpha value is -2.58. The SMILES string of the molecule is CCc1nc(CN2CCN(C(=O)c3nnn(-c4cccc(C)c4)c3C)CC2)cs1. The Morgan fingerprint density at radius 3 is 2.66 bits per heavy atom. The van der Waals surface area contributed by atoms with Gasteiger partial charge >= 0.3 is 0 Å². The second kappa shape index (κ2) is 8.42. The maximum Gasteiger partial charge on any atom is 0.276 e. The topological polar surface area (TPSA) is 67.2 Å². The molecule has 4 rings (SSSR count). The molecule has 0 N–H and O–H groups in total. The third-order valence-electron chi connectivity index (χ3n) is 5.29. The van der Waals surface area contributed by atoms with E-state index in [0.29, 0.717) is 18.8 Å². The molecule has 1 saturated heterocycles. The van der Waals surface area contributed by atoms with Crippen LogP contribution in [-0.2, 0) is 13.0 Å². The van der Waals surface area contributed by atoms with Crippen molar-refractivity contribution in [1.82, 2.24) is 29.8 Å². The van der Waals surface area contributed by atoms with Gasteiger partial charge in [0, 0.05) is 38.1 Å². The Bertz CT molecular complexity index is 1000. The second-order valence-electron chi connectivity index (χ2n) is 7.43. The molecule has 7 nitrogen and oxygen atoms in total. The number of hydrogen-bond acceptors (Lipinski definition) is 6. The van der Waals surface area contributed by atoms with Crippen LogP contribution in [0.3, 0.4) is 0 Å². The highest BCUT2D eigenvalue weighted by Gasteiger charge is 2.26. The molecule has 1 amide bonds. The van der Waals surface area contributed by atoms with Gasteiger partial charge in [0.15, 0.2) is 5.69 Å². The first-order chi connectivity index (χ1) is 14.0. The van der Waals surface area contributed by atoms with Crippen LogP contribution in [0.2, 0.25) is 0 Å². The summed E-state index contributed by atoms with van der Waals surface area (Å²) in [7, 11) is 0. The minimum Gasteiger partial charge on any atom is -0.335 e. The van der Waals surface area contributed by atoms with Crippen LogP contribution in [0.15, 0.2) is 29.6 Å². The van der Waals surface area contributed by atoms with Gasteiger partial charge in [0.05, 0.1) is 22.1 Å². The number of benzene rings is 1. The highest BCUT2D eigenvalue weighted by molar-refractivity contribution is 7.09. The van der Waals surface area contributed by atoms with E-state index in [4.69, 9.17) is 0 Å². The van der Waals surface area contributed by atoms with Gasteiger partial charge in [-0.15, -0.1) is 16.4 Å². The van der Waals surface area contributed by atoms with Crippen LogP contribution in [0, 0.1) is 13.8 Å². The van der Waals surface area contributed by atoms with Crippen LogP contribution in [0.1, 0.15) is 39.4 Å². The maximum absolute atomic E-state index is 13.0. The predicted octanol–water partition coefficient (Wildman–Crippen LogP) is 2.86. The van der Waals surface area contributed by atoms with Crippen LogP contribution < -0.4 is 0 Å². The van der Waals surface area contributed by atoms with Crippen molar-refractivity contribution in [2.75, 3.05) is 26.2 Å². The number of carbonyl (C=O) groups excluding carboxylic acids is 1. The third-order valence-corrected chi connectivity index (χ3v) is 6.33. The Labute approximate surface area is 175 Å². The van der Waals surface area contributed by atoms with Crippen molar-refractivity contribution in [3.63, 3.8) is 0 Å². The van der Waals surface area contributed by atoms with Crippen molar-refractivity contribution >= 4 is 17.2 Å². The highest BCUT2D eigenvalue weighted by atomic mass is 32.1. The lowest BCUT2D eigenvalue weighted by atomic mass is 10.2. The first-order valence-electron chi connectivity index (χ1n) is 9.99. The number of aryl methyl sites for hydroxylation is 2. The molecule has 1 aliphatic rings. The zero-order chi connectivity index (χ0) is 20.4. The molecule has 8 heteroatoms. The lowest BCUT2D eigenvalue weighted by Gasteiger charge is -2.34. The lowest BCUT2D eigenvalue weighted by Crippen LogP contribution is -2.48. The molecule has 0 saturated carbocycles. The Balaban J connectivity index is 1.40. The number of thiazole rings is 1. The predicted molar refractivity (Wildman–Crippen MR) is 114 cm³/mol. The summed E-state index contributed by atoms with van der Waals surface area (Å²) in [6.07, 6.45) is 0.982. The van der Waals surface area contributed by atoms with Crippen LogP contribution in [-0.4, -0.2) is 61.9 Å². The average Bonchev–Trinajstić information content (AvgIpc) is 3.34. The fraction of sp³-hybridized carbons (Fsp3) is 0.429. The first kappa shape index (κ1) is 19.7. The minimum atomic E-state index is -0.0389. The van der Waals surface area contributed by atoms with Gasteiger partial charge in [0.1, 0.15) is 0 Å². The zero-order valence-electron chi connectivity index (χ0n) is 17.1. The molecule has 0 radical (unpaired) electrons.